The van der Waals surface area contributed by atoms with Crippen LogP contribution in [0.5, 0.6) is 0 Å². The molecule has 0 aromatic carbocycles. The highest BCUT2D eigenvalue weighted by Gasteiger charge is 2.12. The molecule has 0 spiro atoms. The maximum absolute atomic E-state index is 10.7. The number of esters is 1. The zero-order chi connectivity index (χ0) is 7.56. The Morgan fingerprint density at radius 2 is 2.60 bits per heavy atom. The quantitative estimate of drug-likeness (QED) is 0.612. The van der Waals surface area contributed by atoms with E-state index in [4.69, 9.17) is 11.6 Å². The lowest BCUT2D eigenvalue weighted by atomic mass is 10.5. The topological polar surface area (TPSA) is 39.2 Å². The molecule has 0 amide bonds. The average Bonchev–Trinajstić information content (AvgIpc) is 2.34. The summed E-state index contributed by atoms with van der Waals surface area (Å²) in [5.74, 6) is -0.494. The summed E-state index contributed by atoms with van der Waals surface area (Å²) in [5, 5.41) is 0. The molecule has 0 atom stereocenters. The van der Waals surface area contributed by atoms with Crippen LogP contribution < -0.4 is 0 Å². The molecule has 0 radical (unpaired) electrons. The number of ether oxygens (including phenoxy) is 1. The van der Waals surface area contributed by atoms with E-state index in [0.717, 1.165) is 0 Å². The van der Waals surface area contributed by atoms with Crippen molar-refractivity contribution in [2.45, 2.75) is 0 Å². The second kappa shape index (κ2) is 2.98. The summed E-state index contributed by atoms with van der Waals surface area (Å²) in [6.07, 6.45) is 0. The molecular formula is C5H4ClNO2S. The van der Waals surface area contributed by atoms with Crippen LogP contribution in [0.15, 0.2) is 5.51 Å². The molecule has 0 aliphatic carbocycles. The van der Waals surface area contributed by atoms with E-state index in [0.29, 0.717) is 4.34 Å². The molecule has 1 heterocycles. The van der Waals surface area contributed by atoms with Crippen molar-refractivity contribution in [3.8, 4) is 0 Å². The largest absolute Gasteiger partial charge is 0.464 e. The SMILES string of the molecule is COC(=O)c1ncsc1Cl. The summed E-state index contributed by atoms with van der Waals surface area (Å²) in [6.45, 7) is 0. The lowest BCUT2D eigenvalue weighted by Crippen LogP contribution is -2.01. The molecule has 3 nitrogen and oxygen atoms in total. The molecule has 1 aromatic heterocycles. The number of rotatable bonds is 1. The molecule has 0 N–H and O–H groups in total. The van der Waals surface area contributed by atoms with E-state index in [1.807, 2.05) is 0 Å². The van der Waals surface area contributed by atoms with E-state index in [2.05, 4.69) is 9.72 Å². The zero-order valence-electron chi connectivity index (χ0n) is 5.13. The van der Waals surface area contributed by atoms with Gasteiger partial charge in [-0.25, -0.2) is 9.78 Å². The summed E-state index contributed by atoms with van der Waals surface area (Å²) in [7, 11) is 1.29. The minimum Gasteiger partial charge on any atom is -0.464 e. The number of methoxy groups -OCH3 is 1. The van der Waals surface area contributed by atoms with Crippen LogP contribution in [0.3, 0.4) is 0 Å². The molecule has 1 rings (SSSR count). The number of nitrogens with zero attached hydrogens (tertiary/aromatic N) is 1. The zero-order valence-corrected chi connectivity index (χ0v) is 6.70. The highest BCUT2D eigenvalue weighted by atomic mass is 35.5. The molecule has 0 saturated heterocycles. The molecule has 0 fully saturated rings. The highest BCUT2D eigenvalue weighted by molar-refractivity contribution is 7.14. The Kier molecular flexibility index (Phi) is 2.24. The number of carbonyl (C=O) groups excluding carboxylic acids is 1. The van der Waals surface area contributed by atoms with E-state index in [-0.39, 0.29) is 5.69 Å². The smallest absolute Gasteiger partial charge is 0.359 e. The summed E-state index contributed by atoms with van der Waals surface area (Å²) in [6, 6.07) is 0. The second-order valence-electron chi connectivity index (χ2n) is 1.47. The monoisotopic (exact) mass is 177 g/mol. The van der Waals surface area contributed by atoms with E-state index >= 15 is 0 Å². The van der Waals surface area contributed by atoms with Crippen LogP contribution in [0, 0.1) is 0 Å². The second-order valence-corrected chi connectivity index (χ2v) is 2.92. The first-order chi connectivity index (χ1) is 4.75. The lowest BCUT2D eigenvalue weighted by molar-refractivity contribution is 0.0595. The number of hydrogen-bond acceptors (Lipinski definition) is 4. The molecule has 5 heteroatoms. The summed E-state index contributed by atoms with van der Waals surface area (Å²) >= 11 is 6.77. The highest BCUT2D eigenvalue weighted by Crippen LogP contribution is 2.19. The van der Waals surface area contributed by atoms with E-state index in [9.17, 15) is 4.79 Å². The Labute approximate surface area is 66.6 Å². The maximum atomic E-state index is 10.7. The molecule has 10 heavy (non-hydrogen) atoms. The van der Waals surface area contributed by atoms with Crippen LogP contribution in [0.4, 0.5) is 0 Å². The van der Waals surface area contributed by atoms with Gasteiger partial charge in [0.15, 0.2) is 5.69 Å². The number of halogens is 1. The van der Waals surface area contributed by atoms with Gasteiger partial charge in [0.1, 0.15) is 4.34 Å². The Morgan fingerprint density at radius 1 is 1.90 bits per heavy atom. The lowest BCUT2D eigenvalue weighted by Gasteiger charge is -1.91. The van der Waals surface area contributed by atoms with Gasteiger partial charge in [-0.3, -0.25) is 0 Å². The van der Waals surface area contributed by atoms with Gasteiger partial charge in [0.25, 0.3) is 0 Å². The number of aromatic nitrogens is 1. The fraction of sp³-hybridized carbons (Fsp3) is 0.200. The van der Waals surface area contributed by atoms with Crippen LogP contribution in [0.25, 0.3) is 0 Å². The number of carbonyl (C=O) groups is 1. The van der Waals surface area contributed by atoms with Gasteiger partial charge in [0, 0.05) is 0 Å². The molecule has 0 aliphatic heterocycles. The molecule has 0 saturated carbocycles. The van der Waals surface area contributed by atoms with Crippen molar-refractivity contribution in [3.05, 3.63) is 15.5 Å². The first-order valence-electron chi connectivity index (χ1n) is 2.43. The van der Waals surface area contributed by atoms with Crippen molar-refractivity contribution in [2.24, 2.45) is 0 Å². The number of thiazole rings is 1. The normalized spacial score (nSPS) is 9.40. The minimum absolute atomic E-state index is 0.189. The maximum Gasteiger partial charge on any atom is 0.359 e. The first kappa shape index (κ1) is 7.50. The summed E-state index contributed by atoms with van der Waals surface area (Å²) in [4.78, 5) is 14.4. The molecular weight excluding hydrogens is 174 g/mol. The fourth-order valence-corrected chi connectivity index (χ4v) is 1.21. The Balaban J connectivity index is 2.93. The van der Waals surface area contributed by atoms with Gasteiger partial charge < -0.3 is 4.74 Å². The van der Waals surface area contributed by atoms with Crippen LogP contribution in [0.1, 0.15) is 10.5 Å². The van der Waals surface area contributed by atoms with Crippen LogP contribution >= 0.6 is 22.9 Å². The van der Waals surface area contributed by atoms with Gasteiger partial charge >= 0.3 is 5.97 Å². The third-order valence-electron chi connectivity index (χ3n) is 0.903. The van der Waals surface area contributed by atoms with Crippen molar-refractivity contribution in [1.29, 1.82) is 0 Å². The first-order valence-corrected chi connectivity index (χ1v) is 3.68. The van der Waals surface area contributed by atoms with E-state index in [1.54, 1.807) is 0 Å². The van der Waals surface area contributed by atoms with Gasteiger partial charge in [0.05, 0.1) is 12.6 Å². The number of hydrogen-bond donors (Lipinski definition) is 0. The van der Waals surface area contributed by atoms with Crippen LogP contribution in [-0.2, 0) is 4.74 Å². The summed E-state index contributed by atoms with van der Waals surface area (Å²) in [5.41, 5.74) is 1.68. The van der Waals surface area contributed by atoms with Gasteiger partial charge in [-0.05, 0) is 0 Å². The third kappa shape index (κ3) is 1.27. The molecule has 54 valence electrons. The molecule has 1 aromatic rings. The Hall–Kier alpha value is -0.610. The average molecular weight is 178 g/mol. The standard InChI is InChI=1S/C5H4ClNO2S/c1-9-5(8)3-4(6)10-2-7-3/h2H,1H3. The predicted octanol–water partition coefficient (Wildman–Crippen LogP) is 1.58. The van der Waals surface area contributed by atoms with Crippen molar-refractivity contribution in [1.82, 2.24) is 4.98 Å². The molecule has 0 aliphatic rings. The van der Waals surface area contributed by atoms with Crippen LogP contribution in [0.2, 0.25) is 4.34 Å². The Bertz CT molecular complexity index is 248. The van der Waals surface area contributed by atoms with Crippen molar-refractivity contribution >= 4 is 28.9 Å². The van der Waals surface area contributed by atoms with Gasteiger partial charge in [-0.2, -0.15) is 0 Å². The minimum atomic E-state index is -0.494. The van der Waals surface area contributed by atoms with Crippen LogP contribution in [-0.4, -0.2) is 18.1 Å². The summed E-state index contributed by atoms with van der Waals surface area (Å²) < 4.78 is 4.76. The van der Waals surface area contributed by atoms with Gasteiger partial charge in [-0.15, -0.1) is 11.3 Å². The van der Waals surface area contributed by atoms with Crippen molar-refractivity contribution in [3.63, 3.8) is 0 Å². The fourth-order valence-electron chi connectivity index (χ4n) is 0.462. The molecule has 0 bridgehead atoms. The van der Waals surface area contributed by atoms with Crippen molar-refractivity contribution < 1.29 is 9.53 Å². The third-order valence-corrected chi connectivity index (χ3v) is 1.96. The van der Waals surface area contributed by atoms with E-state index < -0.39 is 5.97 Å². The Morgan fingerprint density at radius 3 is 3.00 bits per heavy atom. The predicted molar refractivity (Wildman–Crippen MR) is 38.5 cm³/mol. The van der Waals surface area contributed by atoms with Crippen molar-refractivity contribution in [2.75, 3.05) is 7.11 Å². The van der Waals surface area contributed by atoms with Gasteiger partial charge in [-0.1, -0.05) is 11.6 Å². The molecule has 0 unspecified atom stereocenters. The van der Waals surface area contributed by atoms with E-state index in [1.165, 1.54) is 24.0 Å². The van der Waals surface area contributed by atoms with Gasteiger partial charge in [0.2, 0.25) is 0 Å².